The van der Waals surface area contributed by atoms with E-state index in [-0.39, 0.29) is 0 Å². The highest BCUT2D eigenvalue weighted by atomic mass is 32.1. The third-order valence-electron chi connectivity index (χ3n) is 3.87. The third-order valence-corrected chi connectivity index (χ3v) is 4.86. The summed E-state index contributed by atoms with van der Waals surface area (Å²) in [5.41, 5.74) is 1.31. The summed E-state index contributed by atoms with van der Waals surface area (Å²) in [6, 6.07) is 6.59. The van der Waals surface area contributed by atoms with Crippen LogP contribution in [0.1, 0.15) is 22.4 Å². The quantitative estimate of drug-likeness (QED) is 0.851. The van der Waals surface area contributed by atoms with Gasteiger partial charge in [0.15, 0.2) is 0 Å². The number of aryl methyl sites for hydroxylation is 1. The summed E-state index contributed by atoms with van der Waals surface area (Å²) >= 11 is 1.90. The number of fused-ring (bicyclic) bond motifs is 1. The van der Waals surface area contributed by atoms with Gasteiger partial charge in [-0.1, -0.05) is 0 Å². The van der Waals surface area contributed by atoms with Crippen LogP contribution in [0.15, 0.2) is 24.4 Å². The van der Waals surface area contributed by atoms with E-state index in [1.807, 2.05) is 17.5 Å². The fourth-order valence-corrected chi connectivity index (χ4v) is 3.85. The number of hydrogen-bond acceptors (Lipinski definition) is 4. The van der Waals surface area contributed by atoms with Crippen LogP contribution in [0.3, 0.4) is 0 Å². The smallest absolute Gasteiger partial charge is 0.0524 e. The highest BCUT2D eigenvalue weighted by Gasteiger charge is 2.22. The Morgan fingerprint density at radius 1 is 1.33 bits per heavy atom. The zero-order valence-corrected chi connectivity index (χ0v) is 13.6. The van der Waals surface area contributed by atoms with Crippen LogP contribution < -0.4 is 0 Å². The average molecular weight is 305 g/mol. The summed E-state index contributed by atoms with van der Waals surface area (Å²) in [5, 5.41) is 4.46. The van der Waals surface area contributed by atoms with Crippen molar-refractivity contribution in [2.45, 2.75) is 33.5 Å². The lowest BCUT2D eigenvalue weighted by Gasteiger charge is -2.23. The maximum Gasteiger partial charge on any atom is 0.0524 e. The molecular weight excluding hydrogens is 282 g/mol. The lowest BCUT2D eigenvalue weighted by Crippen LogP contribution is -2.29. The lowest BCUT2D eigenvalue weighted by molar-refractivity contribution is 0.0843. The van der Waals surface area contributed by atoms with E-state index >= 15 is 0 Å². The molecule has 4 nitrogen and oxygen atoms in total. The molecule has 0 aromatic carbocycles. The predicted octanol–water partition coefficient (Wildman–Crippen LogP) is 2.92. The van der Waals surface area contributed by atoms with Crippen molar-refractivity contribution in [3.8, 4) is 0 Å². The topological polar surface area (TPSA) is 30.3 Å². The minimum absolute atomic E-state index is 0.507. The molecule has 3 heterocycles. The first kappa shape index (κ1) is 14.8. The van der Waals surface area contributed by atoms with E-state index in [9.17, 15) is 0 Å². The van der Waals surface area contributed by atoms with Gasteiger partial charge >= 0.3 is 0 Å². The van der Waals surface area contributed by atoms with Crippen LogP contribution >= 0.6 is 11.3 Å². The first-order valence-corrected chi connectivity index (χ1v) is 8.42. The van der Waals surface area contributed by atoms with Crippen LogP contribution in [0, 0.1) is 12.8 Å². The summed E-state index contributed by atoms with van der Waals surface area (Å²) in [7, 11) is 0. The molecule has 0 saturated heterocycles. The molecule has 114 valence electrons. The Bertz CT molecular complexity index is 578. The lowest BCUT2D eigenvalue weighted by atomic mass is 10.1. The van der Waals surface area contributed by atoms with Gasteiger partial charge in [-0.05, 0) is 32.0 Å². The van der Waals surface area contributed by atoms with E-state index < -0.39 is 0 Å². The molecule has 0 saturated carbocycles. The molecule has 0 amide bonds. The summed E-state index contributed by atoms with van der Waals surface area (Å²) in [6.45, 7) is 9.85. The predicted molar refractivity (Wildman–Crippen MR) is 85.4 cm³/mol. The summed E-state index contributed by atoms with van der Waals surface area (Å²) in [5.74, 6) is 0.507. The van der Waals surface area contributed by atoms with Gasteiger partial charge in [0.2, 0.25) is 0 Å². The third kappa shape index (κ3) is 3.73. The summed E-state index contributed by atoms with van der Waals surface area (Å²) in [6.07, 6.45) is 1.91. The van der Waals surface area contributed by atoms with Crippen molar-refractivity contribution in [1.82, 2.24) is 14.7 Å². The molecule has 1 atom stereocenters. The van der Waals surface area contributed by atoms with Gasteiger partial charge in [-0.3, -0.25) is 9.58 Å². The molecule has 1 aliphatic heterocycles. The zero-order chi connectivity index (χ0) is 14.7. The van der Waals surface area contributed by atoms with Crippen molar-refractivity contribution in [1.29, 1.82) is 0 Å². The number of nitrogens with zero attached hydrogens (tertiary/aromatic N) is 3. The first-order valence-electron chi connectivity index (χ1n) is 7.60. The Hall–Kier alpha value is -1.17. The molecule has 1 unspecified atom stereocenters. The van der Waals surface area contributed by atoms with Crippen molar-refractivity contribution in [2.75, 3.05) is 19.8 Å². The number of rotatable bonds is 5. The molecule has 0 spiro atoms. The largest absolute Gasteiger partial charge is 0.381 e. The van der Waals surface area contributed by atoms with Crippen LogP contribution in [0.4, 0.5) is 0 Å². The van der Waals surface area contributed by atoms with E-state index in [1.165, 1.54) is 15.4 Å². The van der Waals surface area contributed by atoms with Gasteiger partial charge < -0.3 is 4.74 Å². The normalized spacial score (nSPS) is 19.4. The molecule has 2 aromatic heterocycles. The molecule has 3 rings (SSSR count). The minimum atomic E-state index is 0.507. The molecule has 21 heavy (non-hydrogen) atoms. The standard InChI is InChI=1S/C16H23N3OS/c1-3-20-12-14-8-18(11-16-5-4-13(2)21-16)10-15-6-7-17-19(15)9-14/h4-7,14H,3,8-12H2,1-2H3. The second kappa shape index (κ2) is 6.73. The molecule has 0 radical (unpaired) electrons. The van der Waals surface area contributed by atoms with Crippen molar-refractivity contribution in [3.05, 3.63) is 39.8 Å². The SMILES string of the molecule is CCOCC1CN(Cc2ccc(C)s2)Cc2ccnn2C1. The highest BCUT2D eigenvalue weighted by Crippen LogP contribution is 2.22. The maximum absolute atomic E-state index is 5.66. The number of hydrogen-bond donors (Lipinski definition) is 0. The molecule has 0 aliphatic carbocycles. The van der Waals surface area contributed by atoms with E-state index in [4.69, 9.17) is 4.74 Å². The average Bonchev–Trinajstić information content (AvgIpc) is 3.02. The van der Waals surface area contributed by atoms with E-state index in [1.54, 1.807) is 0 Å². The van der Waals surface area contributed by atoms with Gasteiger partial charge in [0, 0.05) is 54.7 Å². The number of thiophene rings is 1. The van der Waals surface area contributed by atoms with Gasteiger partial charge in [-0.15, -0.1) is 11.3 Å². The second-order valence-corrected chi connectivity index (χ2v) is 7.08. The summed E-state index contributed by atoms with van der Waals surface area (Å²) < 4.78 is 7.80. The van der Waals surface area contributed by atoms with E-state index in [0.29, 0.717) is 5.92 Å². The minimum Gasteiger partial charge on any atom is -0.381 e. The van der Waals surface area contributed by atoms with Crippen LogP contribution in [0.5, 0.6) is 0 Å². The molecular formula is C16H23N3OS. The first-order chi connectivity index (χ1) is 10.2. The van der Waals surface area contributed by atoms with Crippen LogP contribution in [0.25, 0.3) is 0 Å². The van der Waals surface area contributed by atoms with Crippen molar-refractivity contribution < 1.29 is 4.74 Å². The molecule has 0 N–H and O–H groups in total. The van der Waals surface area contributed by atoms with Crippen molar-refractivity contribution in [2.24, 2.45) is 5.92 Å². The van der Waals surface area contributed by atoms with Crippen LogP contribution in [-0.4, -0.2) is 34.4 Å². The summed E-state index contributed by atoms with van der Waals surface area (Å²) in [4.78, 5) is 5.35. The van der Waals surface area contributed by atoms with Gasteiger partial charge in [-0.25, -0.2) is 0 Å². The molecule has 1 aliphatic rings. The Balaban J connectivity index is 1.73. The molecule has 0 fully saturated rings. The van der Waals surface area contributed by atoms with E-state index in [2.05, 4.69) is 46.7 Å². The van der Waals surface area contributed by atoms with Crippen LogP contribution in [0.2, 0.25) is 0 Å². The second-order valence-electron chi connectivity index (χ2n) is 5.71. The Morgan fingerprint density at radius 2 is 2.24 bits per heavy atom. The Labute approximate surface area is 130 Å². The van der Waals surface area contributed by atoms with Gasteiger partial charge in [0.25, 0.3) is 0 Å². The number of ether oxygens (including phenoxy) is 1. The van der Waals surface area contributed by atoms with Crippen LogP contribution in [-0.2, 0) is 24.4 Å². The van der Waals surface area contributed by atoms with Crippen molar-refractivity contribution in [3.63, 3.8) is 0 Å². The zero-order valence-electron chi connectivity index (χ0n) is 12.8. The number of aromatic nitrogens is 2. The fourth-order valence-electron chi connectivity index (χ4n) is 2.92. The Morgan fingerprint density at radius 3 is 3.00 bits per heavy atom. The monoisotopic (exact) mass is 305 g/mol. The Kier molecular flexibility index (Phi) is 4.73. The highest BCUT2D eigenvalue weighted by molar-refractivity contribution is 7.11. The van der Waals surface area contributed by atoms with Crippen molar-refractivity contribution >= 4 is 11.3 Å². The van der Waals surface area contributed by atoms with E-state index in [0.717, 1.165) is 39.4 Å². The maximum atomic E-state index is 5.66. The molecule has 2 aromatic rings. The molecule has 0 bridgehead atoms. The molecule has 5 heteroatoms. The fraction of sp³-hybridized carbons (Fsp3) is 0.562. The van der Waals surface area contributed by atoms with Gasteiger partial charge in [-0.2, -0.15) is 5.10 Å². The van der Waals surface area contributed by atoms with Gasteiger partial charge in [0.05, 0.1) is 12.3 Å². The van der Waals surface area contributed by atoms with Gasteiger partial charge in [0.1, 0.15) is 0 Å².